The summed E-state index contributed by atoms with van der Waals surface area (Å²) in [4.78, 5) is 18.8. The largest absolute Gasteiger partial charge is 0.485 e. The summed E-state index contributed by atoms with van der Waals surface area (Å²) in [5.74, 6) is 1.50. The van der Waals surface area contributed by atoms with Crippen LogP contribution in [0.2, 0.25) is 0 Å². The molecule has 0 unspecified atom stereocenters. The van der Waals surface area contributed by atoms with Crippen molar-refractivity contribution < 1.29 is 18.8 Å². The van der Waals surface area contributed by atoms with Crippen molar-refractivity contribution in [1.29, 1.82) is 0 Å². The van der Waals surface area contributed by atoms with E-state index in [2.05, 4.69) is 10.1 Å². The lowest BCUT2D eigenvalue weighted by Gasteiger charge is -2.14. The Kier molecular flexibility index (Phi) is 5.09. The molecule has 0 radical (unpaired) electrons. The molecule has 1 aromatic carbocycles. The van der Waals surface area contributed by atoms with Gasteiger partial charge in [-0.05, 0) is 25.5 Å². The van der Waals surface area contributed by atoms with Crippen molar-refractivity contribution in [3.63, 3.8) is 0 Å². The number of aromatic nitrogens is 2. The van der Waals surface area contributed by atoms with Gasteiger partial charge in [0.15, 0.2) is 11.5 Å². The molecule has 1 amide bonds. The highest BCUT2D eigenvalue weighted by atomic mass is 32.1. The highest BCUT2D eigenvalue weighted by Gasteiger charge is 2.28. The standard InChI is InChI=1S/C19H21N3O4S/c1-12-20-16-7-14(3-4-18(16)27-12)25-11-15-8-17(21-26-15)19(23)22-6-5-13(9-22)10-24-2/h3-4,7-8,13H,5-6,9-11H2,1-2H3/t13-/m1/s1. The molecule has 0 aliphatic carbocycles. The molecular weight excluding hydrogens is 366 g/mol. The van der Waals surface area contributed by atoms with Crippen LogP contribution < -0.4 is 4.74 Å². The normalized spacial score (nSPS) is 17.0. The summed E-state index contributed by atoms with van der Waals surface area (Å²) in [5.41, 5.74) is 1.24. The number of fused-ring (bicyclic) bond motifs is 1. The topological polar surface area (TPSA) is 77.7 Å². The van der Waals surface area contributed by atoms with Crippen LogP contribution in [0, 0.1) is 12.8 Å². The van der Waals surface area contributed by atoms with E-state index < -0.39 is 0 Å². The number of ether oxygens (including phenoxy) is 2. The minimum absolute atomic E-state index is 0.108. The molecule has 3 aromatic rings. The van der Waals surface area contributed by atoms with Crippen molar-refractivity contribution in [2.75, 3.05) is 26.8 Å². The predicted octanol–water partition coefficient (Wildman–Crippen LogP) is 3.28. The first-order valence-corrected chi connectivity index (χ1v) is 9.68. The van der Waals surface area contributed by atoms with Crippen molar-refractivity contribution in [1.82, 2.24) is 15.0 Å². The second-order valence-electron chi connectivity index (χ2n) is 6.69. The first-order valence-electron chi connectivity index (χ1n) is 8.86. The van der Waals surface area contributed by atoms with Crippen LogP contribution in [-0.4, -0.2) is 47.8 Å². The Hall–Kier alpha value is -2.45. The van der Waals surface area contributed by atoms with E-state index >= 15 is 0 Å². The number of likely N-dealkylation sites (tertiary alicyclic amines) is 1. The molecule has 4 rings (SSSR count). The number of aryl methyl sites for hydroxylation is 1. The van der Waals surface area contributed by atoms with Crippen LogP contribution in [-0.2, 0) is 11.3 Å². The Balaban J connectivity index is 1.36. The Morgan fingerprint density at radius 3 is 3.15 bits per heavy atom. The minimum atomic E-state index is -0.108. The zero-order valence-electron chi connectivity index (χ0n) is 15.3. The number of carbonyl (C=O) groups is 1. The van der Waals surface area contributed by atoms with Crippen LogP contribution in [0.4, 0.5) is 0 Å². The van der Waals surface area contributed by atoms with Crippen LogP contribution in [0.15, 0.2) is 28.8 Å². The molecule has 1 saturated heterocycles. The third-order valence-electron chi connectivity index (χ3n) is 4.60. The lowest BCUT2D eigenvalue weighted by molar-refractivity contribution is 0.0765. The van der Waals surface area contributed by atoms with E-state index in [0.29, 0.717) is 36.3 Å². The summed E-state index contributed by atoms with van der Waals surface area (Å²) in [5, 5.41) is 4.93. The van der Waals surface area contributed by atoms with Gasteiger partial charge in [0.2, 0.25) is 0 Å². The first-order chi connectivity index (χ1) is 13.1. The number of carbonyl (C=O) groups excluding carboxylic acids is 1. The van der Waals surface area contributed by atoms with Gasteiger partial charge in [-0.25, -0.2) is 4.98 Å². The monoisotopic (exact) mass is 387 g/mol. The summed E-state index contributed by atoms with van der Waals surface area (Å²) in [6, 6.07) is 7.45. The van der Waals surface area contributed by atoms with E-state index in [4.69, 9.17) is 14.0 Å². The summed E-state index contributed by atoms with van der Waals surface area (Å²) >= 11 is 1.65. The van der Waals surface area contributed by atoms with Crippen molar-refractivity contribution in [3.05, 3.63) is 40.7 Å². The van der Waals surface area contributed by atoms with Crippen LogP contribution >= 0.6 is 11.3 Å². The lowest BCUT2D eigenvalue weighted by atomic mass is 10.1. The SMILES string of the molecule is COC[C@@H]1CCN(C(=O)c2cc(COc3ccc4sc(C)nc4c3)on2)C1. The number of nitrogens with zero attached hydrogens (tertiary/aromatic N) is 3. The van der Waals surface area contributed by atoms with Crippen molar-refractivity contribution >= 4 is 27.5 Å². The maximum atomic E-state index is 12.5. The van der Waals surface area contributed by atoms with Crippen LogP contribution in [0.3, 0.4) is 0 Å². The van der Waals surface area contributed by atoms with E-state index in [1.165, 1.54) is 0 Å². The summed E-state index contributed by atoms with van der Waals surface area (Å²) < 4.78 is 17.3. The predicted molar refractivity (Wildman–Crippen MR) is 101 cm³/mol. The van der Waals surface area contributed by atoms with Gasteiger partial charge >= 0.3 is 0 Å². The van der Waals surface area contributed by atoms with Crippen LogP contribution in [0.25, 0.3) is 10.2 Å². The molecular formula is C19H21N3O4S. The molecule has 0 bridgehead atoms. The maximum Gasteiger partial charge on any atom is 0.276 e. The van der Waals surface area contributed by atoms with E-state index in [9.17, 15) is 4.79 Å². The van der Waals surface area contributed by atoms with E-state index in [1.807, 2.05) is 25.1 Å². The van der Waals surface area contributed by atoms with E-state index in [0.717, 1.165) is 28.2 Å². The second kappa shape index (κ2) is 7.66. The van der Waals surface area contributed by atoms with Gasteiger partial charge in [0.05, 0.1) is 21.8 Å². The fraction of sp³-hybridized carbons (Fsp3) is 0.421. The third-order valence-corrected chi connectivity index (χ3v) is 5.55. The average Bonchev–Trinajstić information content (AvgIpc) is 3.38. The quantitative estimate of drug-likeness (QED) is 0.646. The van der Waals surface area contributed by atoms with Crippen LogP contribution in [0.1, 0.15) is 27.7 Å². The van der Waals surface area contributed by atoms with Crippen molar-refractivity contribution in [2.24, 2.45) is 5.92 Å². The van der Waals surface area contributed by atoms with Gasteiger partial charge in [0, 0.05) is 38.2 Å². The Labute approximate surface area is 160 Å². The van der Waals surface area contributed by atoms with Crippen molar-refractivity contribution in [3.8, 4) is 5.75 Å². The van der Waals surface area contributed by atoms with Gasteiger partial charge < -0.3 is 18.9 Å². The number of methoxy groups -OCH3 is 1. The summed E-state index contributed by atoms with van der Waals surface area (Å²) in [6.45, 7) is 4.28. The molecule has 3 heterocycles. The molecule has 8 heteroatoms. The molecule has 142 valence electrons. The van der Waals surface area contributed by atoms with Gasteiger partial charge in [0.1, 0.15) is 12.4 Å². The molecule has 1 aliphatic rings. The van der Waals surface area contributed by atoms with Gasteiger partial charge in [-0.2, -0.15) is 0 Å². The number of thiazole rings is 1. The number of amides is 1. The van der Waals surface area contributed by atoms with Crippen molar-refractivity contribution in [2.45, 2.75) is 20.0 Å². The molecule has 27 heavy (non-hydrogen) atoms. The molecule has 0 N–H and O–H groups in total. The highest BCUT2D eigenvalue weighted by Crippen LogP contribution is 2.26. The van der Waals surface area contributed by atoms with Gasteiger partial charge in [-0.3, -0.25) is 4.79 Å². The van der Waals surface area contributed by atoms with Gasteiger partial charge in [0.25, 0.3) is 5.91 Å². The van der Waals surface area contributed by atoms with Gasteiger partial charge in [-0.15, -0.1) is 11.3 Å². The Bertz CT molecular complexity index is 951. The number of hydrogen-bond donors (Lipinski definition) is 0. The Morgan fingerprint density at radius 2 is 2.30 bits per heavy atom. The molecule has 1 atom stereocenters. The minimum Gasteiger partial charge on any atom is -0.485 e. The third kappa shape index (κ3) is 3.96. The smallest absolute Gasteiger partial charge is 0.276 e. The molecule has 1 fully saturated rings. The van der Waals surface area contributed by atoms with E-state index in [1.54, 1.807) is 29.4 Å². The molecule has 0 spiro atoms. The molecule has 1 aliphatic heterocycles. The zero-order valence-corrected chi connectivity index (χ0v) is 16.1. The van der Waals surface area contributed by atoms with E-state index in [-0.39, 0.29) is 12.5 Å². The summed E-state index contributed by atoms with van der Waals surface area (Å²) in [7, 11) is 1.68. The van der Waals surface area contributed by atoms with Crippen LogP contribution in [0.5, 0.6) is 5.75 Å². The molecule has 2 aromatic heterocycles. The first kappa shape index (κ1) is 17.9. The summed E-state index contributed by atoms with van der Waals surface area (Å²) in [6.07, 6.45) is 0.950. The van der Waals surface area contributed by atoms with Gasteiger partial charge in [-0.1, -0.05) is 5.16 Å². The fourth-order valence-electron chi connectivity index (χ4n) is 3.30. The average molecular weight is 387 g/mol. The second-order valence-corrected chi connectivity index (χ2v) is 7.93. The molecule has 0 saturated carbocycles. The highest BCUT2D eigenvalue weighted by molar-refractivity contribution is 7.18. The number of benzene rings is 1. The molecule has 7 nitrogen and oxygen atoms in total. The number of hydrogen-bond acceptors (Lipinski definition) is 7. The zero-order chi connectivity index (χ0) is 18.8. The number of rotatable bonds is 6. The lowest BCUT2D eigenvalue weighted by Crippen LogP contribution is -2.29. The Morgan fingerprint density at radius 1 is 1.41 bits per heavy atom. The maximum absolute atomic E-state index is 12.5. The fourth-order valence-corrected chi connectivity index (χ4v) is 4.11.